The van der Waals surface area contributed by atoms with Gasteiger partial charge in [-0.15, -0.1) is 0 Å². The highest BCUT2D eigenvalue weighted by Crippen LogP contribution is 2.87. The molecule has 3 spiro atoms. The van der Waals surface area contributed by atoms with E-state index < -0.39 is 5.60 Å². The second kappa shape index (κ2) is 5.57. The normalized spacial score (nSPS) is 60.6. The van der Waals surface area contributed by atoms with E-state index in [2.05, 4.69) is 13.8 Å². The molecule has 0 aromatic rings. The SMILES string of the molecule is COC1C=C(O)C2C3C4CCC5(CCC6(CCC7(CCCC7)C6)C5)C3(C)C(C)(C4)C12O. The van der Waals surface area contributed by atoms with Crippen molar-refractivity contribution in [3.8, 4) is 0 Å². The second-order valence-corrected chi connectivity index (χ2v) is 14.0. The van der Waals surface area contributed by atoms with E-state index in [4.69, 9.17) is 4.74 Å². The number of rotatable bonds is 1. The van der Waals surface area contributed by atoms with Crippen LogP contribution in [0.3, 0.4) is 0 Å². The van der Waals surface area contributed by atoms with Gasteiger partial charge in [-0.1, -0.05) is 26.7 Å². The third kappa shape index (κ3) is 1.89. The Labute approximate surface area is 188 Å². The first-order valence-corrected chi connectivity index (χ1v) is 13.3. The summed E-state index contributed by atoms with van der Waals surface area (Å²) in [6.07, 6.45) is 19.7. The molecule has 3 nitrogen and oxygen atoms in total. The van der Waals surface area contributed by atoms with Crippen LogP contribution in [-0.4, -0.2) is 29.0 Å². The molecule has 6 fully saturated rings. The molecule has 7 aliphatic carbocycles. The minimum Gasteiger partial charge on any atom is -0.512 e. The number of fused-ring (bicyclic) bond motifs is 2. The molecule has 0 amide bonds. The van der Waals surface area contributed by atoms with Crippen LogP contribution in [0.25, 0.3) is 0 Å². The summed E-state index contributed by atoms with van der Waals surface area (Å²) in [5.74, 6) is 1.36. The van der Waals surface area contributed by atoms with Gasteiger partial charge < -0.3 is 14.9 Å². The second-order valence-electron chi connectivity index (χ2n) is 14.0. The molecule has 6 saturated carbocycles. The topological polar surface area (TPSA) is 49.7 Å². The summed E-state index contributed by atoms with van der Waals surface area (Å²) in [5, 5.41) is 23.4. The zero-order valence-corrected chi connectivity index (χ0v) is 19.9. The van der Waals surface area contributed by atoms with Gasteiger partial charge in [-0.25, -0.2) is 0 Å². The van der Waals surface area contributed by atoms with Crippen LogP contribution in [0.4, 0.5) is 0 Å². The molecule has 0 aliphatic heterocycles. The average molecular weight is 427 g/mol. The number of ether oxygens (including phenoxy) is 1. The number of hydrogen-bond donors (Lipinski definition) is 2. The van der Waals surface area contributed by atoms with E-state index in [1.807, 2.05) is 6.08 Å². The maximum Gasteiger partial charge on any atom is 0.110 e. The predicted octanol–water partition coefficient (Wildman–Crippen LogP) is 6.16. The molecule has 31 heavy (non-hydrogen) atoms. The Hall–Kier alpha value is -0.540. The monoisotopic (exact) mass is 426 g/mol. The maximum atomic E-state index is 12.4. The number of aliphatic hydroxyl groups is 2. The van der Waals surface area contributed by atoms with Crippen molar-refractivity contribution in [3.05, 3.63) is 11.8 Å². The van der Waals surface area contributed by atoms with E-state index in [9.17, 15) is 10.2 Å². The van der Waals surface area contributed by atoms with Gasteiger partial charge >= 0.3 is 0 Å². The van der Waals surface area contributed by atoms with Crippen molar-refractivity contribution in [2.75, 3.05) is 7.11 Å². The van der Waals surface area contributed by atoms with Crippen molar-refractivity contribution in [3.63, 3.8) is 0 Å². The number of aliphatic hydroxyl groups excluding tert-OH is 1. The Morgan fingerprint density at radius 1 is 0.935 bits per heavy atom. The fraction of sp³-hybridized carbons (Fsp3) is 0.929. The molecule has 0 aromatic heterocycles. The largest absolute Gasteiger partial charge is 0.512 e. The first kappa shape index (κ1) is 19.9. The van der Waals surface area contributed by atoms with Gasteiger partial charge in [0.2, 0.25) is 0 Å². The summed E-state index contributed by atoms with van der Waals surface area (Å²) < 4.78 is 5.83. The highest BCUT2D eigenvalue weighted by atomic mass is 16.5. The first-order valence-electron chi connectivity index (χ1n) is 13.3. The van der Waals surface area contributed by atoms with Crippen molar-refractivity contribution in [2.45, 2.75) is 109 Å². The van der Waals surface area contributed by atoms with Gasteiger partial charge in [-0.05, 0) is 110 Å². The number of methoxy groups -OCH3 is 1. The third-order valence-electron chi connectivity index (χ3n) is 13.6. The summed E-state index contributed by atoms with van der Waals surface area (Å²) in [6, 6.07) is 0. The smallest absolute Gasteiger partial charge is 0.110 e. The van der Waals surface area contributed by atoms with Crippen LogP contribution in [-0.2, 0) is 4.74 Å². The molecule has 7 rings (SSSR count). The molecule has 4 bridgehead atoms. The Morgan fingerprint density at radius 3 is 2.39 bits per heavy atom. The molecule has 0 radical (unpaired) electrons. The van der Waals surface area contributed by atoms with Crippen molar-refractivity contribution >= 4 is 0 Å². The molecule has 3 heteroatoms. The summed E-state index contributed by atoms with van der Waals surface area (Å²) in [5.41, 5.74) is 0.539. The van der Waals surface area contributed by atoms with E-state index in [0.717, 1.165) is 6.42 Å². The lowest BCUT2D eigenvalue weighted by Crippen LogP contribution is -2.59. The van der Waals surface area contributed by atoms with Crippen LogP contribution in [0, 0.1) is 44.8 Å². The van der Waals surface area contributed by atoms with E-state index in [-0.39, 0.29) is 22.9 Å². The standard InChI is InChI=1S/C28H42O3/c1-23-15-18-6-9-27(13-12-26(17-27)11-10-25(16-26)7-4-5-8-25)24(23,2)21(18)22-19(29)14-20(31-3)28(22,23)30/h14,18,20-22,29-30H,4-13,15-17H2,1-3H3. The van der Waals surface area contributed by atoms with Crippen LogP contribution in [0.2, 0.25) is 0 Å². The van der Waals surface area contributed by atoms with Gasteiger partial charge in [0, 0.05) is 12.5 Å². The Bertz CT molecular complexity index is 858. The molecule has 0 heterocycles. The molecule has 9 atom stereocenters. The lowest BCUT2D eigenvalue weighted by molar-refractivity contribution is -0.181. The van der Waals surface area contributed by atoms with Gasteiger partial charge in [0.25, 0.3) is 0 Å². The van der Waals surface area contributed by atoms with Crippen LogP contribution < -0.4 is 0 Å². The fourth-order valence-corrected chi connectivity index (χ4v) is 12.5. The van der Waals surface area contributed by atoms with Gasteiger partial charge in [-0.3, -0.25) is 0 Å². The Kier molecular flexibility index (Phi) is 3.57. The van der Waals surface area contributed by atoms with E-state index in [1.54, 1.807) is 7.11 Å². The van der Waals surface area contributed by atoms with E-state index in [0.29, 0.717) is 33.8 Å². The number of hydrogen-bond acceptors (Lipinski definition) is 3. The van der Waals surface area contributed by atoms with Crippen LogP contribution in [0.1, 0.15) is 97.3 Å². The zero-order chi connectivity index (χ0) is 21.5. The average Bonchev–Trinajstić information content (AvgIpc) is 3.53. The fourth-order valence-electron chi connectivity index (χ4n) is 12.5. The molecular weight excluding hydrogens is 384 g/mol. The van der Waals surface area contributed by atoms with Crippen molar-refractivity contribution in [1.82, 2.24) is 0 Å². The minimum absolute atomic E-state index is 0.0935. The lowest BCUT2D eigenvalue weighted by Gasteiger charge is -2.57. The van der Waals surface area contributed by atoms with Crippen molar-refractivity contribution < 1.29 is 14.9 Å². The molecule has 172 valence electrons. The van der Waals surface area contributed by atoms with Gasteiger partial charge in [-0.2, -0.15) is 0 Å². The highest BCUT2D eigenvalue weighted by molar-refractivity contribution is 5.41. The third-order valence-corrected chi connectivity index (χ3v) is 13.6. The zero-order valence-electron chi connectivity index (χ0n) is 19.9. The van der Waals surface area contributed by atoms with E-state index in [1.165, 1.54) is 77.0 Å². The summed E-state index contributed by atoms with van der Waals surface area (Å²) in [4.78, 5) is 0. The van der Waals surface area contributed by atoms with Crippen molar-refractivity contribution in [2.24, 2.45) is 44.8 Å². The van der Waals surface area contributed by atoms with E-state index >= 15 is 0 Å². The summed E-state index contributed by atoms with van der Waals surface area (Å²) in [6.45, 7) is 4.95. The molecule has 9 unspecified atom stereocenters. The lowest BCUT2D eigenvalue weighted by atomic mass is 9.47. The van der Waals surface area contributed by atoms with Crippen LogP contribution in [0.5, 0.6) is 0 Å². The summed E-state index contributed by atoms with van der Waals surface area (Å²) in [7, 11) is 1.71. The Morgan fingerprint density at radius 2 is 1.65 bits per heavy atom. The highest BCUT2D eigenvalue weighted by Gasteiger charge is 2.86. The quantitative estimate of drug-likeness (QED) is 0.528. The van der Waals surface area contributed by atoms with Gasteiger partial charge in [0.1, 0.15) is 11.7 Å². The minimum atomic E-state index is -0.947. The molecule has 7 aliphatic rings. The van der Waals surface area contributed by atoms with Crippen LogP contribution >= 0.6 is 0 Å². The predicted molar refractivity (Wildman–Crippen MR) is 120 cm³/mol. The molecular formula is C28H42O3. The maximum absolute atomic E-state index is 12.4. The summed E-state index contributed by atoms with van der Waals surface area (Å²) >= 11 is 0. The Balaban J connectivity index is 1.31. The molecule has 2 N–H and O–H groups in total. The van der Waals surface area contributed by atoms with Gasteiger partial charge in [0.05, 0.1) is 11.7 Å². The van der Waals surface area contributed by atoms with Crippen molar-refractivity contribution in [1.29, 1.82) is 0 Å². The van der Waals surface area contributed by atoms with Gasteiger partial charge in [0.15, 0.2) is 0 Å². The van der Waals surface area contributed by atoms with Crippen LogP contribution in [0.15, 0.2) is 11.8 Å². The molecule has 0 aromatic carbocycles. The first-order chi connectivity index (χ1) is 14.7. The molecule has 0 saturated heterocycles.